The van der Waals surface area contributed by atoms with Crippen LogP contribution in [0.25, 0.3) is 83.4 Å². The number of rotatable bonds is 8. The monoisotopic (exact) mass is 975 g/mol. The molecule has 8 heteroatoms. The van der Waals surface area contributed by atoms with Gasteiger partial charge in [0.1, 0.15) is 0 Å². The molecule has 7 aromatic carbocycles. The summed E-state index contributed by atoms with van der Waals surface area (Å²) in [4.78, 5) is 9.06. The van der Waals surface area contributed by atoms with Gasteiger partial charge >= 0.3 is 294 Å². The molecule has 4 heterocycles. The standard InChI is InChI=1S/C54H32N6O.Pt/c55-34-37-21-25-49-48(31-37)47-24-23-44(33-52(47)60(49)53-26-22-41(35-57-53)38-27-29-56-30-28-38)61-43-16-9-15-42(32-43)58-36-59(51-20-8-7-19-50(51)58)54-45(39-11-3-1-4-12-39)17-10-18-46(54)40-13-5-2-6-14-40;/h1-31,35H;/q-2;. The number of hydrogen-bond donors (Lipinski definition) is 0. The van der Waals surface area contributed by atoms with E-state index < -0.39 is 0 Å². The first-order valence-electron chi connectivity index (χ1n) is 20.0. The first-order chi connectivity index (χ1) is 30.6. The first kappa shape index (κ1) is 37.1. The zero-order valence-corrected chi connectivity index (χ0v) is 35.2. The van der Waals surface area contributed by atoms with Gasteiger partial charge in [0.2, 0.25) is 0 Å². The third-order valence-electron chi connectivity index (χ3n) is 11.1. The van der Waals surface area contributed by atoms with Crippen molar-refractivity contribution in [2.45, 2.75) is 0 Å². The molecule has 296 valence electrons. The average molecular weight is 976 g/mol. The Kier molecular flexibility index (Phi) is 9.34. The summed E-state index contributed by atoms with van der Waals surface area (Å²) in [6.07, 6.45) is 5.42. The smallest absolute Gasteiger partial charge is 0.265 e. The van der Waals surface area contributed by atoms with E-state index in [4.69, 9.17) is 9.72 Å². The molecule has 11 aromatic rings. The summed E-state index contributed by atoms with van der Waals surface area (Å²) in [7, 11) is 0. The Morgan fingerprint density at radius 3 is 1.90 bits per heavy atom. The summed E-state index contributed by atoms with van der Waals surface area (Å²) in [6.45, 7) is 0. The van der Waals surface area contributed by atoms with Gasteiger partial charge in [0.15, 0.2) is 0 Å². The first-order valence-corrected chi connectivity index (χ1v) is 21.2. The molecule has 0 radical (unpaired) electrons. The van der Waals surface area contributed by atoms with Crippen LogP contribution in [-0.4, -0.2) is 23.7 Å². The maximum absolute atomic E-state index is 9.79. The molecule has 62 heavy (non-hydrogen) atoms. The molecular formula is C54H32N6OPt-2. The zero-order valence-electron chi connectivity index (χ0n) is 32.9. The van der Waals surface area contributed by atoms with Crippen LogP contribution in [0.4, 0.5) is 0 Å². The van der Waals surface area contributed by atoms with Gasteiger partial charge in [-0.25, -0.2) is 0 Å². The number of benzene rings is 7. The van der Waals surface area contributed by atoms with Crippen molar-refractivity contribution in [2.75, 3.05) is 0 Å². The van der Waals surface area contributed by atoms with E-state index in [1.165, 1.54) is 0 Å². The average Bonchev–Trinajstić information content (AvgIpc) is 3.82. The van der Waals surface area contributed by atoms with Crippen molar-refractivity contribution in [3.63, 3.8) is 0 Å². The fourth-order valence-corrected chi connectivity index (χ4v) is 9.38. The van der Waals surface area contributed by atoms with Crippen LogP contribution in [0.15, 0.2) is 195 Å². The number of nitriles is 1. The van der Waals surface area contributed by atoms with Crippen molar-refractivity contribution in [3.8, 4) is 68.1 Å². The predicted molar refractivity (Wildman–Crippen MR) is 241 cm³/mol. The Morgan fingerprint density at radius 2 is 1.21 bits per heavy atom. The summed E-state index contributed by atoms with van der Waals surface area (Å²) in [5, 5.41) is 11.7. The number of pyridine rings is 2. The summed E-state index contributed by atoms with van der Waals surface area (Å²) in [6, 6.07) is 69.3. The normalized spacial score (nSPS) is 11.3. The number of nitrogens with zero attached hydrogens (tertiary/aromatic N) is 6. The van der Waals surface area contributed by atoms with E-state index in [0.29, 0.717) is 17.1 Å². The van der Waals surface area contributed by atoms with Gasteiger partial charge < -0.3 is 0 Å². The van der Waals surface area contributed by atoms with Gasteiger partial charge in [0.25, 0.3) is 0 Å². The van der Waals surface area contributed by atoms with Gasteiger partial charge in [0.05, 0.1) is 11.6 Å². The van der Waals surface area contributed by atoms with E-state index in [1.54, 1.807) is 12.4 Å². The van der Waals surface area contributed by atoms with Crippen LogP contribution < -0.4 is 4.74 Å². The van der Waals surface area contributed by atoms with E-state index in [0.717, 1.165) is 87.2 Å². The molecule has 11 rings (SSSR count). The molecule has 0 amide bonds. The minimum Gasteiger partial charge on any atom is -0.265 e. The van der Waals surface area contributed by atoms with E-state index >= 15 is 0 Å². The zero-order chi connectivity index (χ0) is 41.6. The molecule has 0 spiro atoms. The Balaban J connectivity index is 1.03. The van der Waals surface area contributed by atoms with Gasteiger partial charge in [-0.05, 0) is 29.8 Å². The molecule has 0 fully saturated rings. The Hall–Kier alpha value is -7.91. The number of imidazole rings is 1. The summed E-state index contributed by atoms with van der Waals surface area (Å²) < 4.78 is 14.3. The van der Waals surface area contributed by atoms with E-state index in [-0.39, 0.29) is 0 Å². The second-order valence-corrected chi connectivity index (χ2v) is 15.8. The van der Waals surface area contributed by atoms with Crippen LogP contribution in [0.5, 0.6) is 11.5 Å². The van der Waals surface area contributed by atoms with Gasteiger partial charge in [0, 0.05) is 24.2 Å². The van der Waals surface area contributed by atoms with Gasteiger partial charge in [-0.15, -0.1) is 0 Å². The molecule has 7 nitrogen and oxygen atoms in total. The quantitative estimate of drug-likeness (QED) is 0.142. The maximum atomic E-state index is 9.79. The van der Waals surface area contributed by atoms with Crippen LogP contribution in [-0.2, 0) is 19.4 Å². The fraction of sp³-hybridized carbons (Fsp3) is 0. The van der Waals surface area contributed by atoms with Crippen LogP contribution in [0.3, 0.4) is 0 Å². The SMILES string of the molecule is N#Cc1ccc2c(c1)c1ccc(Oc3[c-]c(-n4[c](=[Pt])n(-c5c(-c6ccccc6)cccc5-c5ccccc5)c5ccccc54)ccc3)[c-]c1n2-c1ccc(-c2ccncc2)cn1. The van der Waals surface area contributed by atoms with Crippen LogP contribution >= 0.6 is 0 Å². The minimum absolute atomic E-state index is 0.524. The van der Waals surface area contributed by atoms with Crippen molar-refractivity contribution in [1.82, 2.24) is 23.7 Å². The molecule has 0 atom stereocenters. The predicted octanol–water partition coefficient (Wildman–Crippen LogP) is 12.7. The number of ether oxygens (including phenoxy) is 1. The van der Waals surface area contributed by atoms with Crippen molar-refractivity contribution >= 4 is 32.8 Å². The minimum atomic E-state index is 0.524. The summed E-state index contributed by atoms with van der Waals surface area (Å²) in [5.41, 5.74) is 12.9. The number of fused-ring (bicyclic) bond motifs is 4. The van der Waals surface area contributed by atoms with Gasteiger partial charge in [-0.3, -0.25) is 4.98 Å². The van der Waals surface area contributed by atoms with Crippen molar-refractivity contribution < 1.29 is 24.1 Å². The molecule has 0 aliphatic rings. The third-order valence-corrected chi connectivity index (χ3v) is 12.1. The summed E-state index contributed by atoms with van der Waals surface area (Å²) >= 11 is 2.45. The molecule has 4 aromatic heterocycles. The van der Waals surface area contributed by atoms with Crippen LogP contribution in [0.2, 0.25) is 0 Å². The number of aromatic nitrogens is 5. The van der Waals surface area contributed by atoms with Crippen molar-refractivity contribution in [3.05, 3.63) is 216 Å². The van der Waals surface area contributed by atoms with E-state index in [2.05, 4.69) is 172 Å². The molecule has 0 unspecified atom stereocenters. The molecule has 0 bridgehead atoms. The van der Waals surface area contributed by atoms with Crippen LogP contribution in [0, 0.1) is 27.3 Å². The molecule has 0 aliphatic carbocycles. The van der Waals surface area contributed by atoms with Gasteiger partial charge in [-0.2, -0.15) is 5.26 Å². The number of para-hydroxylation sites is 3. The van der Waals surface area contributed by atoms with Crippen molar-refractivity contribution in [1.29, 1.82) is 5.26 Å². The third kappa shape index (κ3) is 6.46. The Morgan fingerprint density at radius 1 is 0.532 bits per heavy atom. The molecular weight excluding hydrogens is 944 g/mol. The Labute approximate surface area is 368 Å². The number of hydrogen-bond acceptors (Lipinski definition) is 4. The second kappa shape index (κ2) is 15.6. The fourth-order valence-electron chi connectivity index (χ4n) is 8.31. The second-order valence-electron chi connectivity index (χ2n) is 14.7. The molecule has 0 saturated heterocycles. The molecule has 0 aliphatic heterocycles. The van der Waals surface area contributed by atoms with E-state index in [9.17, 15) is 5.26 Å². The molecule has 0 saturated carbocycles. The Bertz CT molecular complexity index is 3510. The van der Waals surface area contributed by atoms with Crippen LogP contribution in [0.1, 0.15) is 5.56 Å². The molecule has 0 N–H and O–H groups in total. The van der Waals surface area contributed by atoms with Crippen molar-refractivity contribution in [2.24, 2.45) is 0 Å². The van der Waals surface area contributed by atoms with Gasteiger partial charge in [-0.1, -0.05) is 0 Å². The summed E-state index contributed by atoms with van der Waals surface area (Å²) in [5.74, 6) is 1.79. The topological polar surface area (TPSA) is 73.6 Å². The van der Waals surface area contributed by atoms with E-state index in [1.807, 2.05) is 66.9 Å².